The van der Waals surface area contributed by atoms with Gasteiger partial charge in [0.1, 0.15) is 0 Å². The van der Waals surface area contributed by atoms with Crippen molar-refractivity contribution < 1.29 is 0 Å². The fraction of sp³-hybridized carbons (Fsp3) is 0.636. The quantitative estimate of drug-likeness (QED) is 0.668. The average Bonchev–Trinajstić information content (AvgIpc) is 2.70. The Bertz CT molecular complexity index is 181. The second-order valence-corrected chi connectivity index (χ2v) is 3.29. The number of H-pyrrole nitrogens is 1. The van der Waals surface area contributed by atoms with E-state index in [0.29, 0.717) is 6.04 Å². The largest absolute Gasteiger partial charge is 0.367 e. The van der Waals surface area contributed by atoms with Gasteiger partial charge in [-0.25, -0.2) is 0 Å². The van der Waals surface area contributed by atoms with Crippen LogP contribution in [0.25, 0.3) is 0 Å². The number of aromatic amines is 1. The molecule has 14 heavy (non-hydrogen) atoms. The van der Waals surface area contributed by atoms with Crippen molar-refractivity contribution in [3.8, 4) is 0 Å². The van der Waals surface area contributed by atoms with Crippen LogP contribution in [-0.4, -0.2) is 16.8 Å². The van der Waals surface area contributed by atoms with E-state index < -0.39 is 0 Å². The Labute approximate surface area is 93.7 Å². The molecule has 0 fully saturated rings. The highest BCUT2D eigenvalue weighted by atomic mass is 32.1. The molecule has 1 heterocycles. The maximum atomic E-state index is 5.40. The van der Waals surface area contributed by atoms with Crippen molar-refractivity contribution in [1.29, 1.82) is 0 Å². The van der Waals surface area contributed by atoms with E-state index in [0.717, 1.165) is 18.6 Å². The SMILES string of the molecule is C.CC[C@@H](N)CS.CCc1cc[nH]c1. The molecule has 0 aromatic carbocycles. The molecule has 1 aromatic heterocycles. The predicted molar refractivity (Wildman–Crippen MR) is 69.0 cm³/mol. The number of nitrogens with one attached hydrogen (secondary N) is 1. The molecule has 1 aromatic rings. The van der Waals surface area contributed by atoms with Crippen molar-refractivity contribution >= 4 is 12.6 Å². The van der Waals surface area contributed by atoms with Crippen LogP contribution in [0.3, 0.4) is 0 Å². The molecule has 1 atom stereocenters. The van der Waals surface area contributed by atoms with Crippen LogP contribution < -0.4 is 5.73 Å². The van der Waals surface area contributed by atoms with Gasteiger partial charge >= 0.3 is 0 Å². The van der Waals surface area contributed by atoms with E-state index in [4.69, 9.17) is 5.73 Å². The standard InChI is InChI=1S/C6H9N.C4H11NS.CH4/c1-2-6-3-4-7-5-6;1-2-4(5)3-6;/h3-5,7H,2H2,1H3;4,6H,2-3,5H2,1H3;1H4/t;4-;/m.1./s1. The number of aryl methyl sites for hydroxylation is 1. The van der Waals surface area contributed by atoms with Crippen LogP contribution in [0.15, 0.2) is 18.5 Å². The lowest BCUT2D eigenvalue weighted by Crippen LogP contribution is -2.19. The lowest BCUT2D eigenvalue weighted by Gasteiger charge is -1.99. The van der Waals surface area contributed by atoms with E-state index >= 15 is 0 Å². The van der Waals surface area contributed by atoms with E-state index in [9.17, 15) is 0 Å². The fourth-order valence-electron chi connectivity index (χ4n) is 0.707. The minimum Gasteiger partial charge on any atom is -0.367 e. The molecular weight excluding hydrogens is 192 g/mol. The molecule has 0 amide bonds. The Hall–Kier alpha value is -0.410. The zero-order valence-corrected chi connectivity index (χ0v) is 9.35. The molecule has 3 heteroatoms. The Kier molecular flexibility index (Phi) is 12.2. The molecule has 84 valence electrons. The first-order valence-electron chi connectivity index (χ1n) is 4.72. The molecular formula is C11H24N2S. The molecule has 1 rings (SSSR count). The summed E-state index contributed by atoms with van der Waals surface area (Å²) in [5, 5.41) is 0. The van der Waals surface area contributed by atoms with E-state index in [-0.39, 0.29) is 7.43 Å². The first-order chi connectivity index (χ1) is 6.24. The van der Waals surface area contributed by atoms with Crippen molar-refractivity contribution in [3.63, 3.8) is 0 Å². The lowest BCUT2D eigenvalue weighted by atomic mass is 10.3. The average molecular weight is 216 g/mol. The van der Waals surface area contributed by atoms with Crippen LogP contribution in [0.4, 0.5) is 0 Å². The number of nitrogens with two attached hydrogens (primary N) is 1. The van der Waals surface area contributed by atoms with Crippen molar-refractivity contribution in [2.45, 2.75) is 40.2 Å². The first kappa shape index (κ1) is 16.0. The van der Waals surface area contributed by atoms with Gasteiger partial charge in [0.05, 0.1) is 0 Å². The predicted octanol–water partition coefficient (Wildman–Crippen LogP) is 2.87. The van der Waals surface area contributed by atoms with E-state index in [1.165, 1.54) is 5.56 Å². The summed E-state index contributed by atoms with van der Waals surface area (Å²) in [7, 11) is 0. The highest BCUT2D eigenvalue weighted by Gasteiger charge is 1.89. The topological polar surface area (TPSA) is 41.8 Å². The van der Waals surface area contributed by atoms with Gasteiger partial charge in [0.25, 0.3) is 0 Å². The van der Waals surface area contributed by atoms with Gasteiger partial charge < -0.3 is 10.7 Å². The van der Waals surface area contributed by atoms with Crippen molar-refractivity contribution in [2.24, 2.45) is 5.73 Å². The molecule has 0 unspecified atom stereocenters. The maximum Gasteiger partial charge on any atom is 0.0125 e. The highest BCUT2D eigenvalue weighted by Crippen LogP contribution is 1.94. The first-order valence-corrected chi connectivity index (χ1v) is 5.35. The van der Waals surface area contributed by atoms with Crippen LogP contribution in [0.5, 0.6) is 0 Å². The van der Waals surface area contributed by atoms with Crippen LogP contribution in [0, 0.1) is 0 Å². The van der Waals surface area contributed by atoms with Gasteiger partial charge in [-0.15, -0.1) is 0 Å². The second kappa shape index (κ2) is 10.7. The van der Waals surface area contributed by atoms with E-state index in [2.05, 4.69) is 37.5 Å². The Balaban J connectivity index is 0. The second-order valence-electron chi connectivity index (χ2n) is 2.92. The fourth-order valence-corrected chi connectivity index (χ4v) is 0.966. The summed E-state index contributed by atoms with van der Waals surface area (Å²) in [6.07, 6.45) is 6.12. The van der Waals surface area contributed by atoms with Gasteiger partial charge in [0.15, 0.2) is 0 Å². The summed E-state index contributed by atoms with van der Waals surface area (Å²) < 4.78 is 0. The number of aromatic nitrogens is 1. The summed E-state index contributed by atoms with van der Waals surface area (Å²) in [5.41, 5.74) is 6.77. The molecule has 0 aliphatic heterocycles. The Morgan fingerprint density at radius 1 is 1.50 bits per heavy atom. The molecule has 0 radical (unpaired) electrons. The van der Waals surface area contributed by atoms with Gasteiger partial charge in [-0.3, -0.25) is 0 Å². The molecule has 0 saturated heterocycles. The van der Waals surface area contributed by atoms with Crippen molar-refractivity contribution in [1.82, 2.24) is 4.98 Å². The minimum absolute atomic E-state index is 0. The summed E-state index contributed by atoms with van der Waals surface area (Å²) in [6, 6.07) is 2.38. The highest BCUT2D eigenvalue weighted by molar-refractivity contribution is 7.80. The number of rotatable bonds is 3. The molecule has 0 aliphatic rings. The maximum absolute atomic E-state index is 5.40. The number of hydrogen-bond acceptors (Lipinski definition) is 2. The smallest absolute Gasteiger partial charge is 0.0125 e. The van der Waals surface area contributed by atoms with Gasteiger partial charge in [0.2, 0.25) is 0 Å². The van der Waals surface area contributed by atoms with E-state index in [1.54, 1.807) is 0 Å². The minimum atomic E-state index is 0. The molecule has 3 N–H and O–H groups in total. The Morgan fingerprint density at radius 3 is 2.29 bits per heavy atom. The molecule has 0 spiro atoms. The molecule has 0 saturated carbocycles. The van der Waals surface area contributed by atoms with Gasteiger partial charge in [0, 0.05) is 24.2 Å². The third-order valence-corrected chi connectivity index (χ3v) is 2.30. The monoisotopic (exact) mass is 216 g/mol. The molecule has 2 nitrogen and oxygen atoms in total. The number of thiol groups is 1. The normalized spacial score (nSPS) is 10.9. The van der Waals surface area contributed by atoms with E-state index in [1.807, 2.05) is 12.4 Å². The summed E-state index contributed by atoms with van der Waals surface area (Å²) >= 11 is 3.97. The third kappa shape index (κ3) is 8.20. The zero-order chi connectivity index (χ0) is 10.1. The van der Waals surface area contributed by atoms with Crippen molar-refractivity contribution in [2.75, 3.05) is 5.75 Å². The number of hydrogen-bond donors (Lipinski definition) is 3. The Morgan fingerprint density at radius 2 is 2.14 bits per heavy atom. The van der Waals surface area contributed by atoms with Crippen LogP contribution in [-0.2, 0) is 6.42 Å². The summed E-state index contributed by atoms with van der Waals surface area (Å²) in [6.45, 7) is 4.20. The van der Waals surface area contributed by atoms with Crippen molar-refractivity contribution in [3.05, 3.63) is 24.0 Å². The van der Waals surface area contributed by atoms with Crippen LogP contribution in [0.2, 0.25) is 0 Å². The summed E-state index contributed by atoms with van der Waals surface area (Å²) in [4.78, 5) is 2.98. The van der Waals surface area contributed by atoms with Crippen LogP contribution >= 0.6 is 12.6 Å². The molecule has 0 bridgehead atoms. The lowest BCUT2D eigenvalue weighted by molar-refractivity contribution is 0.727. The summed E-state index contributed by atoms with van der Waals surface area (Å²) in [5.74, 6) is 0.802. The third-order valence-electron chi connectivity index (χ3n) is 1.83. The zero-order valence-electron chi connectivity index (χ0n) is 8.46. The van der Waals surface area contributed by atoms with Gasteiger partial charge in [-0.2, -0.15) is 12.6 Å². The van der Waals surface area contributed by atoms with Crippen LogP contribution in [0.1, 0.15) is 33.3 Å². The molecule has 0 aliphatic carbocycles. The van der Waals surface area contributed by atoms with Gasteiger partial charge in [-0.05, 0) is 24.5 Å². The van der Waals surface area contributed by atoms with Gasteiger partial charge in [-0.1, -0.05) is 21.3 Å².